The number of carbonyl (C=O) groups excluding carboxylic acids is 2. The summed E-state index contributed by atoms with van der Waals surface area (Å²) in [6.45, 7) is 8.45. The Kier molecular flexibility index (Phi) is 6.93. The molecule has 184 valence electrons. The van der Waals surface area contributed by atoms with Gasteiger partial charge >= 0.3 is 0 Å². The predicted molar refractivity (Wildman–Crippen MR) is 132 cm³/mol. The molecule has 2 aromatic carbocycles. The standard InChI is InChI=1S/C27H30N2O6/c1-15(2)33-11-5-10-29-24(18-6-8-19(9-7-18)34-14-22(28)30)23-25(31)20-12-16(3)17(4)13-21(20)35-26(23)27(29)32/h6-9,12-13,15,24H,5,10-11,14H2,1-4H3,(H2,28,30). The summed E-state index contributed by atoms with van der Waals surface area (Å²) in [4.78, 5) is 39.8. The van der Waals surface area contributed by atoms with Gasteiger partial charge in [0.1, 0.15) is 11.3 Å². The Bertz CT molecular complexity index is 1330. The van der Waals surface area contributed by atoms with Crippen LogP contribution in [0.1, 0.15) is 59.1 Å². The summed E-state index contributed by atoms with van der Waals surface area (Å²) in [7, 11) is 0. The zero-order valence-electron chi connectivity index (χ0n) is 20.4. The first-order valence-electron chi connectivity index (χ1n) is 11.7. The number of nitrogens with two attached hydrogens (primary N) is 1. The van der Waals surface area contributed by atoms with E-state index in [0.717, 1.165) is 16.7 Å². The Morgan fingerprint density at radius 3 is 2.46 bits per heavy atom. The fourth-order valence-electron chi connectivity index (χ4n) is 4.31. The first-order valence-corrected chi connectivity index (χ1v) is 11.7. The van der Waals surface area contributed by atoms with Crippen LogP contribution in [0.5, 0.6) is 5.75 Å². The van der Waals surface area contributed by atoms with Gasteiger partial charge in [0.2, 0.25) is 5.76 Å². The van der Waals surface area contributed by atoms with Crippen LogP contribution < -0.4 is 15.9 Å². The zero-order chi connectivity index (χ0) is 25.3. The summed E-state index contributed by atoms with van der Waals surface area (Å²) >= 11 is 0. The van der Waals surface area contributed by atoms with Crippen LogP contribution in [0.15, 0.2) is 45.6 Å². The molecule has 2 amide bonds. The molecule has 0 saturated heterocycles. The summed E-state index contributed by atoms with van der Waals surface area (Å²) in [5.74, 6) is -0.352. The molecule has 2 N–H and O–H groups in total. The van der Waals surface area contributed by atoms with Crippen LogP contribution in [0.3, 0.4) is 0 Å². The molecule has 35 heavy (non-hydrogen) atoms. The second-order valence-electron chi connectivity index (χ2n) is 9.10. The molecule has 4 rings (SSSR count). The number of benzene rings is 2. The van der Waals surface area contributed by atoms with E-state index in [4.69, 9.17) is 19.6 Å². The van der Waals surface area contributed by atoms with Gasteiger partial charge in [-0.25, -0.2) is 0 Å². The minimum Gasteiger partial charge on any atom is -0.484 e. The van der Waals surface area contributed by atoms with Crippen LogP contribution >= 0.6 is 0 Å². The van der Waals surface area contributed by atoms with Gasteiger partial charge in [-0.05, 0) is 75.1 Å². The molecule has 2 heterocycles. The highest BCUT2D eigenvalue weighted by atomic mass is 16.5. The van der Waals surface area contributed by atoms with Gasteiger partial charge in [-0.1, -0.05) is 12.1 Å². The molecule has 0 aliphatic carbocycles. The number of aryl methyl sites for hydroxylation is 2. The normalized spacial score (nSPS) is 15.2. The van der Waals surface area contributed by atoms with E-state index >= 15 is 0 Å². The molecule has 1 aliphatic rings. The lowest BCUT2D eigenvalue weighted by molar-refractivity contribution is -0.119. The van der Waals surface area contributed by atoms with Gasteiger partial charge in [-0.3, -0.25) is 14.4 Å². The number of fused-ring (bicyclic) bond motifs is 2. The first-order chi connectivity index (χ1) is 16.7. The average molecular weight is 479 g/mol. The maximum Gasteiger partial charge on any atom is 0.290 e. The number of primary amides is 1. The van der Waals surface area contributed by atoms with Crippen LogP contribution in [0, 0.1) is 13.8 Å². The fourth-order valence-corrected chi connectivity index (χ4v) is 4.31. The van der Waals surface area contributed by atoms with Crippen molar-refractivity contribution in [2.45, 2.75) is 46.3 Å². The number of hydrogen-bond acceptors (Lipinski definition) is 6. The number of hydrogen-bond donors (Lipinski definition) is 1. The third kappa shape index (κ3) is 4.93. The Morgan fingerprint density at radius 2 is 1.80 bits per heavy atom. The lowest BCUT2D eigenvalue weighted by Crippen LogP contribution is -2.31. The van der Waals surface area contributed by atoms with E-state index in [1.165, 1.54) is 0 Å². The molecule has 1 atom stereocenters. The van der Waals surface area contributed by atoms with Gasteiger partial charge in [0.25, 0.3) is 11.8 Å². The number of carbonyl (C=O) groups is 2. The SMILES string of the molecule is Cc1cc2oc3c(c(=O)c2cc1C)C(c1ccc(OCC(N)=O)cc1)N(CCCOC(C)C)C3=O. The molecule has 8 heteroatoms. The van der Waals surface area contributed by atoms with Crippen molar-refractivity contribution < 1.29 is 23.5 Å². The fraction of sp³-hybridized carbons (Fsp3) is 0.370. The quantitative estimate of drug-likeness (QED) is 0.470. The highest BCUT2D eigenvalue weighted by molar-refractivity contribution is 5.99. The molecule has 8 nitrogen and oxygen atoms in total. The van der Waals surface area contributed by atoms with Crippen molar-refractivity contribution in [3.8, 4) is 5.75 Å². The average Bonchev–Trinajstić information content (AvgIpc) is 3.09. The predicted octanol–water partition coefficient (Wildman–Crippen LogP) is 3.63. The molecule has 0 fully saturated rings. The van der Waals surface area contributed by atoms with Gasteiger partial charge in [-0.2, -0.15) is 0 Å². The van der Waals surface area contributed by atoms with Crippen molar-refractivity contribution in [1.29, 1.82) is 0 Å². The lowest BCUT2D eigenvalue weighted by Gasteiger charge is -2.25. The molecule has 1 aliphatic heterocycles. The van der Waals surface area contributed by atoms with Crippen LogP contribution in [0.4, 0.5) is 0 Å². The molecule has 0 saturated carbocycles. The Morgan fingerprint density at radius 1 is 1.11 bits per heavy atom. The molecule has 1 aromatic heterocycles. The highest BCUT2D eigenvalue weighted by Gasteiger charge is 2.42. The van der Waals surface area contributed by atoms with Crippen molar-refractivity contribution in [3.63, 3.8) is 0 Å². The monoisotopic (exact) mass is 478 g/mol. The molecular formula is C27H30N2O6. The topological polar surface area (TPSA) is 112 Å². The largest absolute Gasteiger partial charge is 0.484 e. The number of amides is 2. The van der Waals surface area contributed by atoms with E-state index in [1.54, 1.807) is 35.2 Å². The second-order valence-corrected chi connectivity index (χ2v) is 9.10. The van der Waals surface area contributed by atoms with E-state index in [2.05, 4.69) is 0 Å². The van der Waals surface area contributed by atoms with Crippen LogP contribution in [-0.4, -0.2) is 42.6 Å². The minimum atomic E-state index is -0.607. The molecular weight excluding hydrogens is 448 g/mol. The smallest absolute Gasteiger partial charge is 0.290 e. The molecule has 0 spiro atoms. The summed E-state index contributed by atoms with van der Waals surface area (Å²) in [5, 5.41) is 0.455. The molecule has 0 radical (unpaired) electrons. The highest BCUT2D eigenvalue weighted by Crippen LogP contribution is 2.39. The summed E-state index contributed by atoms with van der Waals surface area (Å²) in [5.41, 5.74) is 8.38. The Balaban J connectivity index is 1.77. The van der Waals surface area contributed by atoms with E-state index in [1.807, 2.05) is 33.8 Å². The Labute approximate surface area is 203 Å². The van der Waals surface area contributed by atoms with Gasteiger partial charge < -0.3 is 24.5 Å². The van der Waals surface area contributed by atoms with Crippen molar-refractivity contribution in [2.75, 3.05) is 19.8 Å². The zero-order valence-corrected chi connectivity index (χ0v) is 20.4. The minimum absolute atomic E-state index is 0.0783. The molecule has 0 bridgehead atoms. The van der Waals surface area contributed by atoms with Crippen molar-refractivity contribution in [1.82, 2.24) is 4.90 Å². The Hall–Kier alpha value is -3.65. The summed E-state index contributed by atoms with van der Waals surface area (Å²) < 4.78 is 17.1. The van der Waals surface area contributed by atoms with E-state index in [9.17, 15) is 14.4 Å². The molecule has 3 aromatic rings. The summed E-state index contributed by atoms with van der Waals surface area (Å²) in [6.07, 6.45) is 0.699. The van der Waals surface area contributed by atoms with E-state index in [0.29, 0.717) is 41.9 Å². The first kappa shape index (κ1) is 24.5. The third-order valence-corrected chi connectivity index (χ3v) is 6.15. The summed E-state index contributed by atoms with van der Waals surface area (Å²) in [6, 6.07) is 9.96. The lowest BCUT2D eigenvalue weighted by atomic mass is 9.97. The van der Waals surface area contributed by atoms with Crippen molar-refractivity contribution in [2.24, 2.45) is 5.73 Å². The van der Waals surface area contributed by atoms with Crippen LogP contribution in [-0.2, 0) is 9.53 Å². The van der Waals surface area contributed by atoms with Gasteiger partial charge in [0.15, 0.2) is 12.0 Å². The van der Waals surface area contributed by atoms with Gasteiger partial charge in [0, 0.05) is 13.2 Å². The van der Waals surface area contributed by atoms with E-state index < -0.39 is 11.9 Å². The second kappa shape index (κ2) is 9.92. The third-order valence-electron chi connectivity index (χ3n) is 6.15. The molecule has 1 unspecified atom stereocenters. The number of rotatable bonds is 9. The maximum atomic E-state index is 13.7. The van der Waals surface area contributed by atoms with Crippen molar-refractivity contribution >= 4 is 22.8 Å². The van der Waals surface area contributed by atoms with E-state index in [-0.39, 0.29) is 29.8 Å². The maximum absolute atomic E-state index is 13.7. The number of ether oxygens (including phenoxy) is 2. The van der Waals surface area contributed by atoms with Crippen LogP contribution in [0.25, 0.3) is 11.0 Å². The van der Waals surface area contributed by atoms with Gasteiger partial charge in [-0.15, -0.1) is 0 Å². The number of nitrogens with zero attached hydrogens (tertiary/aromatic N) is 1. The van der Waals surface area contributed by atoms with Crippen LogP contribution in [0.2, 0.25) is 0 Å². The van der Waals surface area contributed by atoms with Crippen molar-refractivity contribution in [3.05, 3.63) is 74.6 Å². The van der Waals surface area contributed by atoms with Gasteiger partial charge in [0.05, 0.1) is 23.1 Å².